The second-order valence-electron chi connectivity index (χ2n) is 4.80. The zero-order valence-electron chi connectivity index (χ0n) is 11.1. The SMILES string of the molecule is CCOC1CCN(c2cc(Cl)c(N)cc2C)CC1. The van der Waals surface area contributed by atoms with Crippen LogP contribution in [0.5, 0.6) is 0 Å². The minimum atomic E-state index is 0.413. The summed E-state index contributed by atoms with van der Waals surface area (Å²) < 4.78 is 5.67. The number of piperidine rings is 1. The van der Waals surface area contributed by atoms with E-state index in [-0.39, 0.29) is 0 Å². The van der Waals surface area contributed by atoms with Gasteiger partial charge in [-0.1, -0.05) is 11.6 Å². The van der Waals surface area contributed by atoms with Crippen LogP contribution in [0.15, 0.2) is 12.1 Å². The molecule has 0 atom stereocenters. The van der Waals surface area contributed by atoms with Gasteiger partial charge in [-0.3, -0.25) is 0 Å². The molecular formula is C14H21ClN2O. The summed E-state index contributed by atoms with van der Waals surface area (Å²) in [7, 11) is 0. The fraction of sp³-hybridized carbons (Fsp3) is 0.571. The Kier molecular flexibility index (Phi) is 4.36. The first-order valence-electron chi connectivity index (χ1n) is 6.54. The van der Waals surface area contributed by atoms with E-state index in [0.717, 1.165) is 32.5 Å². The lowest BCUT2D eigenvalue weighted by Gasteiger charge is -2.34. The van der Waals surface area contributed by atoms with Gasteiger partial charge in [-0.05, 0) is 44.4 Å². The lowest BCUT2D eigenvalue weighted by atomic mass is 10.0. The van der Waals surface area contributed by atoms with Crippen LogP contribution in [-0.2, 0) is 4.74 Å². The lowest BCUT2D eigenvalue weighted by Crippen LogP contribution is -2.37. The van der Waals surface area contributed by atoms with E-state index in [4.69, 9.17) is 22.1 Å². The van der Waals surface area contributed by atoms with Gasteiger partial charge in [0.1, 0.15) is 0 Å². The number of halogens is 1. The summed E-state index contributed by atoms with van der Waals surface area (Å²) in [5.41, 5.74) is 8.85. The van der Waals surface area contributed by atoms with E-state index in [0.29, 0.717) is 16.8 Å². The second-order valence-corrected chi connectivity index (χ2v) is 5.21. The minimum absolute atomic E-state index is 0.413. The molecule has 2 N–H and O–H groups in total. The molecule has 0 radical (unpaired) electrons. The molecule has 0 aromatic heterocycles. The summed E-state index contributed by atoms with van der Waals surface area (Å²) in [5.74, 6) is 0. The van der Waals surface area contributed by atoms with E-state index in [1.165, 1.54) is 11.3 Å². The van der Waals surface area contributed by atoms with Crippen molar-refractivity contribution >= 4 is 23.0 Å². The minimum Gasteiger partial charge on any atom is -0.398 e. The van der Waals surface area contributed by atoms with E-state index in [1.54, 1.807) is 0 Å². The van der Waals surface area contributed by atoms with Crippen LogP contribution in [0.3, 0.4) is 0 Å². The quantitative estimate of drug-likeness (QED) is 0.856. The molecule has 1 fully saturated rings. The molecule has 100 valence electrons. The zero-order chi connectivity index (χ0) is 13.1. The van der Waals surface area contributed by atoms with E-state index in [2.05, 4.69) is 18.7 Å². The fourth-order valence-corrected chi connectivity index (χ4v) is 2.69. The first-order chi connectivity index (χ1) is 8.61. The van der Waals surface area contributed by atoms with Gasteiger partial charge >= 0.3 is 0 Å². The summed E-state index contributed by atoms with van der Waals surface area (Å²) in [6.45, 7) is 6.97. The number of rotatable bonds is 3. The normalized spacial score (nSPS) is 17.2. The number of anilines is 2. The monoisotopic (exact) mass is 268 g/mol. The molecule has 1 aliphatic rings. The number of nitrogens with zero attached hydrogens (tertiary/aromatic N) is 1. The fourth-order valence-electron chi connectivity index (χ4n) is 2.53. The van der Waals surface area contributed by atoms with E-state index >= 15 is 0 Å². The topological polar surface area (TPSA) is 38.5 Å². The number of nitrogens with two attached hydrogens (primary N) is 1. The van der Waals surface area contributed by atoms with Gasteiger partial charge in [0.25, 0.3) is 0 Å². The van der Waals surface area contributed by atoms with Gasteiger partial charge in [-0.15, -0.1) is 0 Å². The highest BCUT2D eigenvalue weighted by molar-refractivity contribution is 6.33. The number of nitrogen functional groups attached to an aromatic ring is 1. The highest BCUT2D eigenvalue weighted by atomic mass is 35.5. The molecule has 1 saturated heterocycles. The van der Waals surface area contributed by atoms with Crippen LogP contribution in [0.1, 0.15) is 25.3 Å². The molecule has 0 saturated carbocycles. The Labute approximate surface area is 114 Å². The molecule has 0 unspecified atom stereocenters. The van der Waals surface area contributed by atoms with Crippen molar-refractivity contribution in [2.75, 3.05) is 30.3 Å². The molecule has 1 aliphatic heterocycles. The van der Waals surface area contributed by atoms with Gasteiger partial charge < -0.3 is 15.4 Å². The molecule has 3 nitrogen and oxygen atoms in total. The highest BCUT2D eigenvalue weighted by Crippen LogP contribution is 2.31. The van der Waals surface area contributed by atoms with Crippen LogP contribution < -0.4 is 10.6 Å². The van der Waals surface area contributed by atoms with Crippen LogP contribution in [0.25, 0.3) is 0 Å². The van der Waals surface area contributed by atoms with Crippen LogP contribution in [0.2, 0.25) is 5.02 Å². The van der Waals surface area contributed by atoms with Crippen LogP contribution >= 0.6 is 11.6 Å². The van der Waals surface area contributed by atoms with Gasteiger partial charge in [-0.2, -0.15) is 0 Å². The summed E-state index contributed by atoms with van der Waals surface area (Å²) in [5, 5.41) is 0.641. The van der Waals surface area contributed by atoms with E-state index in [9.17, 15) is 0 Å². The smallest absolute Gasteiger partial charge is 0.0656 e. The van der Waals surface area contributed by atoms with Crippen molar-refractivity contribution in [2.24, 2.45) is 0 Å². The summed E-state index contributed by atoms with van der Waals surface area (Å²) in [4.78, 5) is 2.37. The average Bonchev–Trinajstić information content (AvgIpc) is 2.35. The molecule has 0 aliphatic carbocycles. The number of aryl methyl sites for hydroxylation is 1. The maximum atomic E-state index is 6.11. The summed E-state index contributed by atoms with van der Waals surface area (Å²) in [6, 6.07) is 3.93. The molecular weight excluding hydrogens is 248 g/mol. The largest absolute Gasteiger partial charge is 0.398 e. The molecule has 0 amide bonds. The van der Waals surface area contributed by atoms with Gasteiger partial charge in [0, 0.05) is 25.4 Å². The third-order valence-corrected chi connectivity index (χ3v) is 3.83. The Bertz CT molecular complexity index is 415. The van der Waals surface area contributed by atoms with Gasteiger partial charge in [0.05, 0.1) is 16.8 Å². The standard InChI is InChI=1S/C14H21ClN2O/c1-3-18-11-4-6-17(7-5-11)14-9-12(15)13(16)8-10(14)2/h8-9,11H,3-7,16H2,1-2H3. The van der Waals surface area contributed by atoms with Crippen molar-refractivity contribution in [3.8, 4) is 0 Å². The lowest BCUT2D eigenvalue weighted by molar-refractivity contribution is 0.0459. The van der Waals surface area contributed by atoms with Crippen molar-refractivity contribution in [3.05, 3.63) is 22.7 Å². The zero-order valence-corrected chi connectivity index (χ0v) is 11.8. The van der Waals surface area contributed by atoms with Gasteiger partial charge in [-0.25, -0.2) is 0 Å². The van der Waals surface area contributed by atoms with Crippen molar-refractivity contribution < 1.29 is 4.74 Å². The second kappa shape index (κ2) is 5.81. The van der Waals surface area contributed by atoms with Gasteiger partial charge in [0.15, 0.2) is 0 Å². The predicted molar refractivity (Wildman–Crippen MR) is 77.5 cm³/mol. The molecule has 1 aromatic rings. The third kappa shape index (κ3) is 2.90. The molecule has 2 rings (SSSR count). The maximum absolute atomic E-state index is 6.11. The van der Waals surface area contributed by atoms with Crippen molar-refractivity contribution in [1.29, 1.82) is 0 Å². The molecule has 18 heavy (non-hydrogen) atoms. The molecule has 0 spiro atoms. The third-order valence-electron chi connectivity index (χ3n) is 3.50. The summed E-state index contributed by atoms with van der Waals surface area (Å²) in [6.07, 6.45) is 2.57. The maximum Gasteiger partial charge on any atom is 0.0656 e. The van der Waals surface area contributed by atoms with E-state index in [1.807, 2.05) is 12.1 Å². The van der Waals surface area contributed by atoms with Crippen LogP contribution in [0, 0.1) is 6.92 Å². The van der Waals surface area contributed by atoms with E-state index < -0.39 is 0 Å². The number of benzene rings is 1. The molecule has 0 bridgehead atoms. The Balaban J connectivity index is 2.07. The van der Waals surface area contributed by atoms with Crippen LogP contribution in [0.4, 0.5) is 11.4 Å². The molecule has 4 heteroatoms. The number of hydrogen-bond acceptors (Lipinski definition) is 3. The average molecular weight is 269 g/mol. The highest BCUT2D eigenvalue weighted by Gasteiger charge is 2.21. The predicted octanol–water partition coefficient (Wildman–Crippen LogP) is 3.24. The van der Waals surface area contributed by atoms with Gasteiger partial charge in [0.2, 0.25) is 0 Å². The van der Waals surface area contributed by atoms with Crippen molar-refractivity contribution in [2.45, 2.75) is 32.8 Å². The van der Waals surface area contributed by atoms with Crippen LogP contribution in [-0.4, -0.2) is 25.8 Å². The first kappa shape index (κ1) is 13.5. The number of hydrogen-bond donors (Lipinski definition) is 1. The molecule has 1 aromatic carbocycles. The Hall–Kier alpha value is -0.930. The first-order valence-corrected chi connectivity index (χ1v) is 6.91. The Morgan fingerprint density at radius 3 is 2.67 bits per heavy atom. The Morgan fingerprint density at radius 2 is 2.06 bits per heavy atom. The summed E-state index contributed by atoms with van der Waals surface area (Å²) >= 11 is 6.11. The Morgan fingerprint density at radius 1 is 1.39 bits per heavy atom. The molecule has 1 heterocycles. The van der Waals surface area contributed by atoms with Crippen molar-refractivity contribution in [3.63, 3.8) is 0 Å². The van der Waals surface area contributed by atoms with Crippen molar-refractivity contribution in [1.82, 2.24) is 0 Å². The number of ether oxygens (including phenoxy) is 1.